The highest BCUT2D eigenvalue weighted by Crippen LogP contribution is 2.50. The Morgan fingerprint density at radius 3 is 2.56 bits per heavy atom. The van der Waals surface area contributed by atoms with Crippen molar-refractivity contribution in [2.45, 2.75) is 43.6 Å². The predicted octanol–water partition coefficient (Wildman–Crippen LogP) is 3.99. The number of methoxy groups -OCH3 is 1. The lowest BCUT2D eigenvalue weighted by Crippen LogP contribution is -2.32. The van der Waals surface area contributed by atoms with Crippen molar-refractivity contribution >= 4 is 29.1 Å². The minimum atomic E-state index is -4.39. The molecule has 2 aliphatic heterocycles. The number of thioether (sulfide) groups is 1. The second kappa shape index (κ2) is 7.55. The predicted molar refractivity (Wildman–Crippen MR) is 92.1 cm³/mol. The van der Waals surface area contributed by atoms with Gasteiger partial charge in [-0.05, 0) is 12.1 Å². The van der Waals surface area contributed by atoms with Crippen molar-refractivity contribution in [2.75, 3.05) is 12.4 Å². The van der Waals surface area contributed by atoms with Crippen LogP contribution in [0.25, 0.3) is 0 Å². The van der Waals surface area contributed by atoms with Crippen molar-refractivity contribution in [2.24, 2.45) is 11.0 Å². The van der Waals surface area contributed by atoms with E-state index in [-0.39, 0.29) is 18.2 Å². The molecule has 1 amide bonds. The molecule has 0 bridgehead atoms. The number of hydrogen-bond donors (Lipinski definition) is 2. The van der Waals surface area contributed by atoms with Crippen LogP contribution >= 0.6 is 11.8 Å². The van der Waals surface area contributed by atoms with Gasteiger partial charge in [-0.2, -0.15) is 18.3 Å². The van der Waals surface area contributed by atoms with Crippen molar-refractivity contribution in [1.29, 1.82) is 0 Å². The standard InChI is InChI=1S/C14H14F3N3O2S.C2H6/c1-6-5-9(21)19-20-10(6)7-3-4-8(22-2)11-12(7)23-13(18-11)14(15,16)17;1-2/h3-4,6,13,18H,5H2,1-2H3,(H,19,21);1-2H3. The van der Waals surface area contributed by atoms with Gasteiger partial charge in [0.15, 0.2) is 5.37 Å². The molecule has 2 atom stereocenters. The van der Waals surface area contributed by atoms with Crippen LogP contribution in [0.4, 0.5) is 18.9 Å². The Balaban J connectivity index is 0.00000109. The molecule has 5 nitrogen and oxygen atoms in total. The maximum Gasteiger partial charge on any atom is 0.418 e. The van der Waals surface area contributed by atoms with Gasteiger partial charge in [0.25, 0.3) is 0 Å². The fourth-order valence-electron chi connectivity index (χ4n) is 2.60. The number of nitrogens with zero attached hydrogens (tertiary/aromatic N) is 1. The summed E-state index contributed by atoms with van der Waals surface area (Å²) in [5.41, 5.74) is 3.85. The molecule has 0 fully saturated rings. The fourth-order valence-corrected chi connectivity index (χ4v) is 3.72. The van der Waals surface area contributed by atoms with Gasteiger partial charge >= 0.3 is 6.18 Å². The average Bonchev–Trinajstić information content (AvgIpc) is 3.02. The number of halogens is 3. The van der Waals surface area contributed by atoms with Crippen molar-refractivity contribution in [3.05, 3.63) is 17.7 Å². The number of benzene rings is 1. The quantitative estimate of drug-likeness (QED) is 0.821. The maximum atomic E-state index is 13.1. The van der Waals surface area contributed by atoms with E-state index in [0.717, 1.165) is 0 Å². The van der Waals surface area contributed by atoms with Gasteiger partial charge in [0, 0.05) is 22.8 Å². The first kappa shape index (κ1) is 19.4. The van der Waals surface area contributed by atoms with E-state index in [9.17, 15) is 18.0 Å². The molecule has 3 rings (SSSR count). The lowest BCUT2D eigenvalue weighted by atomic mass is 9.93. The minimum Gasteiger partial charge on any atom is -0.495 e. The van der Waals surface area contributed by atoms with E-state index in [1.54, 1.807) is 12.1 Å². The summed E-state index contributed by atoms with van der Waals surface area (Å²) in [6.45, 7) is 5.82. The zero-order chi connectivity index (χ0) is 18.8. The molecule has 1 aromatic carbocycles. The number of rotatable bonds is 2. The molecule has 0 aromatic heterocycles. The van der Waals surface area contributed by atoms with Gasteiger partial charge < -0.3 is 10.1 Å². The van der Waals surface area contributed by atoms with Gasteiger partial charge in [0.2, 0.25) is 5.91 Å². The van der Waals surface area contributed by atoms with Crippen LogP contribution in [0.1, 0.15) is 32.8 Å². The number of amides is 1. The molecule has 0 radical (unpaired) electrons. The highest BCUT2D eigenvalue weighted by molar-refractivity contribution is 8.00. The Morgan fingerprint density at radius 2 is 2.00 bits per heavy atom. The Bertz CT molecular complexity index is 692. The molecule has 0 saturated heterocycles. The van der Waals surface area contributed by atoms with Crippen LogP contribution in [0, 0.1) is 5.92 Å². The number of hydrazone groups is 1. The number of nitrogens with one attached hydrogen (secondary N) is 2. The van der Waals surface area contributed by atoms with E-state index >= 15 is 0 Å². The molecule has 2 heterocycles. The third kappa shape index (κ3) is 3.86. The molecule has 0 spiro atoms. The SMILES string of the molecule is CC.COc1ccc(C2=NNC(=O)CC2C)c2c1NC(C(F)(F)F)S2. The lowest BCUT2D eigenvalue weighted by molar-refractivity contribution is -0.123. The normalized spacial score (nSPS) is 22.0. The van der Waals surface area contributed by atoms with E-state index < -0.39 is 11.6 Å². The number of hydrogen-bond acceptors (Lipinski definition) is 5. The first-order valence-corrected chi connectivity index (χ1v) is 8.77. The van der Waals surface area contributed by atoms with Gasteiger partial charge in [0.1, 0.15) is 5.75 Å². The molecule has 25 heavy (non-hydrogen) atoms. The Hall–Kier alpha value is -1.90. The second-order valence-corrected chi connectivity index (χ2v) is 6.46. The lowest BCUT2D eigenvalue weighted by Gasteiger charge is -2.21. The Morgan fingerprint density at radius 1 is 1.32 bits per heavy atom. The maximum absolute atomic E-state index is 13.1. The number of anilines is 1. The van der Waals surface area contributed by atoms with E-state index in [2.05, 4.69) is 15.8 Å². The van der Waals surface area contributed by atoms with Gasteiger partial charge in [-0.25, -0.2) is 5.43 Å². The Labute approximate surface area is 148 Å². The zero-order valence-electron chi connectivity index (χ0n) is 14.3. The summed E-state index contributed by atoms with van der Waals surface area (Å²) in [7, 11) is 1.41. The molecule has 138 valence electrons. The monoisotopic (exact) mass is 375 g/mol. The van der Waals surface area contributed by atoms with E-state index in [4.69, 9.17) is 4.74 Å². The summed E-state index contributed by atoms with van der Waals surface area (Å²) in [6, 6.07) is 3.28. The van der Waals surface area contributed by atoms with Crippen LogP contribution in [0.15, 0.2) is 22.1 Å². The average molecular weight is 375 g/mol. The van der Waals surface area contributed by atoms with Crippen LogP contribution in [0.3, 0.4) is 0 Å². The molecule has 0 saturated carbocycles. The number of fused-ring (bicyclic) bond motifs is 1. The second-order valence-electron chi connectivity index (χ2n) is 5.34. The van der Waals surface area contributed by atoms with Crippen molar-refractivity contribution in [3.63, 3.8) is 0 Å². The fraction of sp³-hybridized carbons (Fsp3) is 0.500. The van der Waals surface area contributed by atoms with Gasteiger partial charge in [-0.1, -0.05) is 32.5 Å². The molecular weight excluding hydrogens is 355 g/mol. The van der Waals surface area contributed by atoms with E-state index in [1.807, 2.05) is 20.8 Å². The smallest absolute Gasteiger partial charge is 0.418 e. The molecular formula is C16H20F3N3O2S. The summed E-state index contributed by atoms with van der Waals surface area (Å²) < 4.78 is 44.3. The topological polar surface area (TPSA) is 62.7 Å². The van der Waals surface area contributed by atoms with Gasteiger partial charge in [0.05, 0.1) is 18.5 Å². The van der Waals surface area contributed by atoms with Crippen LogP contribution in [-0.4, -0.2) is 30.3 Å². The number of alkyl halides is 3. The highest BCUT2D eigenvalue weighted by atomic mass is 32.2. The van der Waals surface area contributed by atoms with E-state index in [0.29, 0.717) is 39.4 Å². The molecule has 2 N–H and O–H groups in total. The summed E-state index contributed by atoms with van der Waals surface area (Å²) >= 11 is 0.686. The molecule has 0 aliphatic carbocycles. The van der Waals surface area contributed by atoms with Gasteiger partial charge in [-0.3, -0.25) is 4.79 Å². The highest BCUT2D eigenvalue weighted by Gasteiger charge is 2.46. The largest absolute Gasteiger partial charge is 0.495 e. The van der Waals surface area contributed by atoms with Crippen LogP contribution in [-0.2, 0) is 4.79 Å². The summed E-state index contributed by atoms with van der Waals surface area (Å²) in [5.74, 6) is -0.0340. The summed E-state index contributed by atoms with van der Waals surface area (Å²) in [5, 5.41) is 4.77. The summed E-state index contributed by atoms with van der Waals surface area (Å²) in [4.78, 5) is 11.8. The van der Waals surface area contributed by atoms with Crippen molar-refractivity contribution < 1.29 is 22.7 Å². The molecule has 2 unspecified atom stereocenters. The molecule has 2 aliphatic rings. The van der Waals surface area contributed by atoms with Crippen molar-refractivity contribution in [3.8, 4) is 5.75 Å². The zero-order valence-corrected chi connectivity index (χ0v) is 15.1. The molecule has 9 heteroatoms. The Kier molecular flexibility index (Phi) is 5.87. The van der Waals surface area contributed by atoms with Crippen LogP contribution in [0.5, 0.6) is 5.75 Å². The van der Waals surface area contributed by atoms with Gasteiger partial charge in [-0.15, -0.1) is 0 Å². The van der Waals surface area contributed by atoms with Crippen LogP contribution < -0.4 is 15.5 Å². The minimum absolute atomic E-state index is 0.174. The van der Waals surface area contributed by atoms with Crippen LogP contribution in [0.2, 0.25) is 0 Å². The summed E-state index contributed by atoms with van der Waals surface area (Å²) in [6.07, 6.45) is -4.14. The molecule has 1 aromatic rings. The van der Waals surface area contributed by atoms with E-state index in [1.165, 1.54) is 7.11 Å². The third-order valence-electron chi connectivity index (χ3n) is 3.68. The first-order valence-electron chi connectivity index (χ1n) is 7.89. The number of carbonyl (C=O) groups is 1. The third-order valence-corrected chi connectivity index (χ3v) is 4.96. The van der Waals surface area contributed by atoms with Crippen molar-refractivity contribution in [1.82, 2.24) is 5.43 Å². The first-order chi connectivity index (χ1) is 11.8. The number of carbonyl (C=O) groups excluding carboxylic acids is 1. The number of ether oxygens (including phenoxy) is 1.